The minimum absolute atomic E-state index is 0.662. The van der Waals surface area contributed by atoms with Crippen molar-refractivity contribution in [2.24, 2.45) is 10.7 Å². The van der Waals surface area contributed by atoms with E-state index in [0.717, 1.165) is 35.9 Å². The molecule has 0 atom stereocenters. The highest BCUT2D eigenvalue weighted by Crippen LogP contribution is 2.37. The molecule has 0 saturated carbocycles. The van der Waals surface area contributed by atoms with Crippen molar-refractivity contribution in [3.63, 3.8) is 0 Å². The van der Waals surface area contributed by atoms with E-state index in [4.69, 9.17) is 5.73 Å². The lowest BCUT2D eigenvalue weighted by Gasteiger charge is -2.32. The zero-order chi connectivity index (χ0) is 17.1. The number of thioether (sulfide) groups is 2. The van der Waals surface area contributed by atoms with Crippen LogP contribution in [-0.2, 0) is 0 Å². The summed E-state index contributed by atoms with van der Waals surface area (Å²) >= 11 is 3.76. The quantitative estimate of drug-likeness (QED) is 0.629. The van der Waals surface area contributed by atoms with E-state index in [1.54, 1.807) is 11.8 Å². The van der Waals surface area contributed by atoms with Crippen LogP contribution in [0.5, 0.6) is 0 Å². The summed E-state index contributed by atoms with van der Waals surface area (Å²) in [5.41, 5.74) is 8.50. The van der Waals surface area contributed by atoms with E-state index in [9.17, 15) is 0 Å². The van der Waals surface area contributed by atoms with Crippen LogP contribution < -0.4 is 10.6 Å². The maximum Gasteiger partial charge on any atom is 0.137 e. The predicted molar refractivity (Wildman–Crippen MR) is 111 cm³/mol. The summed E-state index contributed by atoms with van der Waals surface area (Å²) in [6.07, 6.45) is 6.01. The summed E-state index contributed by atoms with van der Waals surface area (Å²) in [6.45, 7) is 5.93. The lowest BCUT2D eigenvalue weighted by atomic mass is 10.2. The normalized spacial score (nSPS) is 21.5. The van der Waals surface area contributed by atoms with Crippen molar-refractivity contribution >= 4 is 40.7 Å². The molecule has 134 valence electrons. The molecule has 3 heterocycles. The van der Waals surface area contributed by atoms with Crippen LogP contribution >= 0.6 is 23.5 Å². The molecule has 0 radical (unpaired) electrons. The van der Waals surface area contributed by atoms with Gasteiger partial charge in [-0.25, -0.2) is 4.99 Å². The molecule has 4 rings (SSSR count). The molecule has 0 spiro atoms. The maximum absolute atomic E-state index is 6.20. The largest absolute Gasteiger partial charge is 0.383 e. The van der Waals surface area contributed by atoms with Crippen molar-refractivity contribution in [3.05, 3.63) is 29.2 Å². The molecule has 2 N–H and O–H groups in total. The number of likely N-dealkylation sites (tertiary alicyclic amines) is 1. The van der Waals surface area contributed by atoms with Crippen LogP contribution in [-0.4, -0.2) is 55.0 Å². The molecule has 1 aromatic carbocycles. The Labute approximate surface area is 158 Å². The molecule has 25 heavy (non-hydrogen) atoms. The first-order valence-corrected chi connectivity index (χ1v) is 11.2. The van der Waals surface area contributed by atoms with Crippen LogP contribution in [0.4, 0.5) is 11.4 Å². The minimum Gasteiger partial charge on any atom is -0.383 e. The summed E-state index contributed by atoms with van der Waals surface area (Å²) in [5, 5.41) is 0. The highest BCUT2D eigenvalue weighted by atomic mass is 32.2. The molecule has 0 aliphatic carbocycles. The highest BCUT2D eigenvalue weighted by Gasteiger charge is 2.20. The standard InChI is InChI=1S/C19H26N4S2/c20-19(18-4-3-12-24-18)21-15-5-6-17-16(14-15)23(11-13-25-17)10-9-22-7-1-2-8-22/h4-6,14H,1-3,7-13H2,(H2,20,21). The van der Waals surface area contributed by atoms with Gasteiger partial charge in [-0.3, -0.25) is 0 Å². The average Bonchev–Trinajstić information content (AvgIpc) is 3.33. The molecule has 1 aromatic rings. The molecule has 0 unspecified atom stereocenters. The number of anilines is 1. The van der Waals surface area contributed by atoms with Gasteiger partial charge in [-0.15, -0.1) is 23.5 Å². The summed E-state index contributed by atoms with van der Waals surface area (Å²) in [4.78, 5) is 12.3. The molecular weight excluding hydrogens is 348 g/mol. The Morgan fingerprint density at radius 1 is 1.08 bits per heavy atom. The fraction of sp³-hybridized carbons (Fsp3) is 0.526. The van der Waals surface area contributed by atoms with Gasteiger partial charge in [0.15, 0.2) is 0 Å². The van der Waals surface area contributed by atoms with Crippen LogP contribution in [0.2, 0.25) is 0 Å². The van der Waals surface area contributed by atoms with E-state index in [1.165, 1.54) is 48.8 Å². The van der Waals surface area contributed by atoms with Gasteiger partial charge in [0, 0.05) is 40.9 Å². The summed E-state index contributed by atoms with van der Waals surface area (Å²) in [6, 6.07) is 6.53. The number of benzene rings is 1. The summed E-state index contributed by atoms with van der Waals surface area (Å²) < 4.78 is 0. The average molecular weight is 375 g/mol. The van der Waals surface area contributed by atoms with E-state index in [1.807, 2.05) is 11.8 Å². The Morgan fingerprint density at radius 2 is 1.96 bits per heavy atom. The van der Waals surface area contributed by atoms with Gasteiger partial charge in [0.05, 0.1) is 11.4 Å². The number of amidine groups is 1. The number of allylic oxidation sites excluding steroid dienone is 1. The summed E-state index contributed by atoms with van der Waals surface area (Å²) in [5.74, 6) is 2.95. The van der Waals surface area contributed by atoms with Crippen LogP contribution in [0.3, 0.4) is 0 Å². The van der Waals surface area contributed by atoms with Gasteiger partial charge >= 0.3 is 0 Å². The molecular formula is C19H26N4S2. The van der Waals surface area contributed by atoms with Crippen LogP contribution in [0, 0.1) is 0 Å². The van der Waals surface area contributed by atoms with Crippen molar-refractivity contribution in [2.45, 2.75) is 24.2 Å². The fourth-order valence-corrected chi connectivity index (χ4v) is 5.54. The molecule has 3 aliphatic rings. The Kier molecular flexibility index (Phi) is 5.58. The molecule has 3 aliphatic heterocycles. The van der Waals surface area contributed by atoms with Gasteiger partial charge < -0.3 is 15.5 Å². The third-order valence-corrected chi connectivity index (χ3v) is 7.16. The van der Waals surface area contributed by atoms with E-state index in [2.05, 4.69) is 39.1 Å². The number of fused-ring (bicyclic) bond motifs is 1. The number of rotatable bonds is 5. The van der Waals surface area contributed by atoms with Crippen LogP contribution in [0.15, 0.2) is 39.1 Å². The first-order valence-electron chi connectivity index (χ1n) is 9.21. The number of nitrogens with two attached hydrogens (primary N) is 1. The van der Waals surface area contributed by atoms with Gasteiger partial charge in [0.1, 0.15) is 5.84 Å². The molecule has 4 nitrogen and oxygen atoms in total. The number of hydrogen-bond donors (Lipinski definition) is 1. The van der Waals surface area contributed by atoms with Gasteiger partial charge in [0.25, 0.3) is 0 Å². The lowest BCUT2D eigenvalue weighted by molar-refractivity contribution is 0.345. The maximum atomic E-state index is 6.20. The second-order valence-corrected chi connectivity index (χ2v) is 9.01. The smallest absolute Gasteiger partial charge is 0.137 e. The predicted octanol–water partition coefficient (Wildman–Crippen LogP) is 3.70. The van der Waals surface area contributed by atoms with Crippen LogP contribution in [0.1, 0.15) is 19.3 Å². The van der Waals surface area contributed by atoms with Crippen molar-refractivity contribution in [1.82, 2.24) is 4.90 Å². The third kappa shape index (κ3) is 4.18. The van der Waals surface area contributed by atoms with Gasteiger partial charge in [0.2, 0.25) is 0 Å². The Bertz CT molecular complexity index is 680. The molecule has 0 bridgehead atoms. The Balaban J connectivity index is 1.50. The Morgan fingerprint density at radius 3 is 2.76 bits per heavy atom. The molecule has 0 aromatic heterocycles. The van der Waals surface area contributed by atoms with E-state index >= 15 is 0 Å². The molecule has 1 fully saturated rings. The topological polar surface area (TPSA) is 44.9 Å². The zero-order valence-electron chi connectivity index (χ0n) is 14.6. The van der Waals surface area contributed by atoms with Crippen molar-refractivity contribution < 1.29 is 0 Å². The molecule has 1 saturated heterocycles. The van der Waals surface area contributed by atoms with E-state index < -0.39 is 0 Å². The zero-order valence-corrected chi connectivity index (χ0v) is 16.2. The van der Waals surface area contributed by atoms with Gasteiger partial charge in [-0.2, -0.15) is 0 Å². The van der Waals surface area contributed by atoms with Crippen molar-refractivity contribution in [1.29, 1.82) is 0 Å². The van der Waals surface area contributed by atoms with E-state index in [-0.39, 0.29) is 0 Å². The summed E-state index contributed by atoms with van der Waals surface area (Å²) in [7, 11) is 0. The SMILES string of the molecule is NC(=Nc1ccc2c(c1)N(CCN1CCCC1)CCS2)C1=CCCS1. The fourth-order valence-electron chi connectivity index (χ4n) is 3.62. The van der Waals surface area contributed by atoms with Crippen molar-refractivity contribution in [2.75, 3.05) is 49.1 Å². The highest BCUT2D eigenvalue weighted by molar-refractivity contribution is 8.04. The first-order chi connectivity index (χ1) is 12.3. The second kappa shape index (κ2) is 8.06. The first kappa shape index (κ1) is 17.3. The number of nitrogens with zero attached hydrogens (tertiary/aromatic N) is 3. The Hall–Kier alpha value is -1.11. The van der Waals surface area contributed by atoms with E-state index in [0.29, 0.717) is 5.84 Å². The second-order valence-electron chi connectivity index (χ2n) is 6.74. The molecule has 0 amide bonds. The number of hydrogen-bond acceptors (Lipinski definition) is 5. The van der Waals surface area contributed by atoms with Gasteiger partial charge in [-0.1, -0.05) is 6.08 Å². The molecule has 6 heteroatoms. The number of aliphatic imine (C=N–C) groups is 1. The monoisotopic (exact) mass is 374 g/mol. The minimum atomic E-state index is 0.662. The van der Waals surface area contributed by atoms with Gasteiger partial charge in [-0.05, 0) is 50.6 Å². The third-order valence-electron chi connectivity index (χ3n) is 4.99. The lowest BCUT2D eigenvalue weighted by Crippen LogP contribution is -2.36. The van der Waals surface area contributed by atoms with Crippen LogP contribution in [0.25, 0.3) is 0 Å². The van der Waals surface area contributed by atoms with Crippen molar-refractivity contribution in [3.8, 4) is 0 Å².